The van der Waals surface area contributed by atoms with Crippen LogP contribution in [0.15, 0.2) is 164 Å². The molecule has 9 aromatic carbocycles. The normalized spacial score (nSPS) is 15.7. The molecule has 0 saturated carbocycles. The van der Waals surface area contributed by atoms with Gasteiger partial charge in [0.25, 0.3) is 0 Å². The summed E-state index contributed by atoms with van der Waals surface area (Å²) in [6.07, 6.45) is 37.7. The van der Waals surface area contributed by atoms with E-state index in [1.54, 1.807) is 55.6 Å². The molecule has 14 rings (SSSR count). The van der Waals surface area contributed by atoms with E-state index in [2.05, 4.69) is 221 Å². The standard InChI is InChI=1S/C100H118O/c1-11-17-23-33-57-98(58-34-24-18-12-2)87-65-71(70-45-43-69(68-101)44-46-70)49-54-80(87)90-93(98)91-81-55-50-74(72-47-52-78-76-39-29-31-41-83(76)96(7,8)85(78)63-72)66-88(81)100(61-37-27-21-15-5,62-38-28-22-16-6)95(91)92-82-56-51-75(73-48-53-79-77-40-30-32-42-84(77)97(9,10)86(79)64-73)67-89(82)99(94(90)92,59-35-25-19-13-3)60-36-26-20-14-4/h29-32,39-56,63-68H,11-28,33-38,57-62H2,1-10H3. The molecule has 9 aromatic rings. The second-order valence-corrected chi connectivity index (χ2v) is 33.2. The number of carbonyl (C=O) groups is 1. The molecule has 0 saturated heterocycles. The van der Waals surface area contributed by atoms with Crippen LogP contribution in [0.2, 0.25) is 0 Å². The van der Waals surface area contributed by atoms with Gasteiger partial charge >= 0.3 is 0 Å². The summed E-state index contributed by atoms with van der Waals surface area (Å²) in [4.78, 5) is 12.3. The Kier molecular flexibility index (Phi) is 20.8. The number of aldehydes is 1. The maximum atomic E-state index is 12.3. The van der Waals surface area contributed by atoms with Crippen LogP contribution in [0.1, 0.15) is 328 Å². The number of carbonyl (C=O) groups excluding carboxylic acids is 1. The number of rotatable bonds is 34. The highest BCUT2D eigenvalue weighted by atomic mass is 16.1. The maximum absolute atomic E-state index is 12.3. The van der Waals surface area contributed by atoms with Crippen molar-refractivity contribution in [2.45, 2.75) is 289 Å². The lowest BCUT2D eigenvalue weighted by atomic mass is 9.63. The van der Waals surface area contributed by atoms with Gasteiger partial charge in [0.2, 0.25) is 0 Å². The van der Waals surface area contributed by atoms with Gasteiger partial charge in [-0.2, -0.15) is 0 Å². The second kappa shape index (κ2) is 29.8. The van der Waals surface area contributed by atoms with E-state index in [-0.39, 0.29) is 27.1 Å². The van der Waals surface area contributed by atoms with Crippen LogP contribution in [0.3, 0.4) is 0 Å². The first kappa shape index (κ1) is 70.7. The lowest BCUT2D eigenvalue weighted by molar-refractivity contribution is 0.112. The molecule has 0 N–H and O–H groups in total. The van der Waals surface area contributed by atoms with E-state index in [0.29, 0.717) is 0 Å². The van der Waals surface area contributed by atoms with Gasteiger partial charge in [0.1, 0.15) is 6.29 Å². The Labute approximate surface area is 610 Å². The molecule has 5 aliphatic carbocycles. The van der Waals surface area contributed by atoms with Crippen molar-refractivity contribution in [2.75, 3.05) is 0 Å². The monoisotopic (exact) mass is 1330 g/mol. The number of hydrogen-bond donors (Lipinski definition) is 0. The highest BCUT2D eigenvalue weighted by Crippen LogP contribution is 2.72. The van der Waals surface area contributed by atoms with Crippen LogP contribution in [0.5, 0.6) is 0 Å². The van der Waals surface area contributed by atoms with Crippen molar-refractivity contribution in [3.63, 3.8) is 0 Å². The van der Waals surface area contributed by atoms with Crippen LogP contribution in [-0.4, -0.2) is 6.29 Å². The van der Waals surface area contributed by atoms with Gasteiger partial charge in [-0.3, -0.25) is 4.79 Å². The molecule has 0 amide bonds. The summed E-state index contributed by atoms with van der Waals surface area (Å²) in [5.74, 6) is 0. The van der Waals surface area contributed by atoms with Gasteiger partial charge in [-0.15, -0.1) is 0 Å². The van der Waals surface area contributed by atoms with Crippen molar-refractivity contribution in [1.82, 2.24) is 0 Å². The lowest BCUT2D eigenvalue weighted by Gasteiger charge is -2.40. The van der Waals surface area contributed by atoms with Gasteiger partial charge in [0, 0.05) is 32.6 Å². The largest absolute Gasteiger partial charge is 0.298 e. The number of fused-ring (bicyclic) bond motifs is 18. The third kappa shape index (κ3) is 12.2. The molecule has 0 heterocycles. The van der Waals surface area contributed by atoms with E-state index < -0.39 is 0 Å². The van der Waals surface area contributed by atoms with Crippen molar-refractivity contribution >= 4 is 6.29 Å². The Morgan fingerprint density at radius 3 is 0.782 bits per heavy atom. The van der Waals surface area contributed by atoms with E-state index in [9.17, 15) is 4.79 Å². The first-order valence-electron chi connectivity index (χ1n) is 41.1. The minimum Gasteiger partial charge on any atom is -0.298 e. The van der Waals surface area contributed by atoms with Crippen molar-refractivity contribution in [3.05, 3.63) is 225 Å². The molecule has 1 heteroatoms. The molecular formula is C100H118O. The number of benzene rings is 9. The molecule has 1 nitrogen and oxygen atoms in total. The Morgan fingerprint density at radius 2 is 0.495 bits per heavy atom. The van der Waals surface area contributed by atoms with Crippen molar-refractivity contribution in [2.24, 2.45) is 0 Å². The Hall–Kier alpha value is -7.35. The zero-order valence-electron chi connectivity index (χ0n) is 63.8. The highest BCUT2D eigenvalue weighted by Gasteiger charge is 2.58. The van der Waals surface area contributed by atoms with Gasteiger partial charge in [-0.1, -0.05) is 357 Å². The summed E-state index contributed by atoms with van der Waals surface area (Å²) in [5, 5.41) is 0. The number of hydrogen-bond acceptors (Lipinski definition) is 1. The van der Waals surface area contributed by atoms with Gasteiger partial charge in [0.05, 0.1) is 0 Å². The molecular weight excluding hydrogens is 1220 g/mol. The predicted molar refractivity (Wildman–Crippen MR) is 434 cm³/mol. The van der Waals surface area contributed by atoms with Crippen molar-refractivity contribution in [1.29, 1.82) is 0 Å². The summed E-state index contributed by atoms with van der Waals surface area (Å²) in [6.45, 7) is 24.3. The van der Waals surface area contributed by atoms with E-state index in [0.717, 1.165) is 50.4 Å². The predicted octanol–water partition coefficient (Wildman–Crippen LogP) is 29.7. The molecule has 0 aliphatic heterocycles. The minimum absolute atomic E-state index is 0.0977. The van der Waals surface area contributed by atoms with Gasteiger partial charge < -0.3 is 0 Å². The zero-order chi connectivity index (χ0) is 70.1. The number of unbranched alkanes of at least 4 members (excludes halogenated alkanes) is 18. The van der Waals surface area contributed by atoms with Crippen LogP contribution in [0.25, 0.3) is 89.0 Å². The summed E-state index contributed by atoms with van der Waals surface area (Å²) < 4.78 is 0. The van der Waals surface area contributed by atoms with Gasteiger partial charge in [0.15, 0.2) is 0 Å². The zero-order valence-corrected chi connectivity index (χ0v) is 63.8. The van der Waals surface area contributed by atoms with Crippen LogP contribution >= 0.6 is 0 Å². The quantitative estimate of drug-likeness (QED) is 0.0290. The SMILES string of the molecule is CCCCCCC1(CCCCCC)c2cc(-c3ccc(C=O)cc3)ccc2-c2c1c1c(c3c2C(CCCCCC)(CCCCCC)c2cc(-c4ccc5c(c4)C(C)(C)c4ccccc4-5)ccc2-3)C(CCCCCC)(CCCCCC)c2cc(-c3ccc4c(c3)C(C)(C)c3ccccc3-4)ccc2-1. The van der Waals surface area contributed by atoms with Crippen LogP contribution < -0.4 is 0 Å². The molecule has 0 bridgehead atoms. The van der Waals surface area contributed by atoms with Gasteiger partial charge in [-0.05, 0) is 214 Å². The summed E-state index contributed by atoms with van der Waals surface area (Å²) in [7, 11) is 0. The van der Waals surface area contributed by atoms with Crippen LogP contribution in [0, 0.1) is 0 Å². The fourth-order valence-electron chi connectivity index (χ4n) is 21.0. The summed E-state index contributed by atoms with van der Waals surface area (Å²) in [6, 6.07) is 66.3. The first-order valence-corrected chi connectivity index (χ1v) is 41.1. The Balaban J connectivity index is 1.12. The third-order valence-electron chi connectivity index (χ3n) is 26.3. The summed E-state index contributed by atoms with van der Waals surface area (Å²) in [5.41, 5.74) is 38.7. The Bertz CT molecular complexity index is 4330. The average molecular weight is 1340 g/mol. The topological polar surface area (TPSA) is 17.1 Å². The molecule has 0 fully saturated rings. The van der Waals surface area contributed by atoms with Crippen LogP contribution in [0.4, 0.5) is 0 Å². The highest BCUT2D eigenvalue weighted by molar-refractivity contribution is 6.06. The molecule has 0 unspecified atom stereocenters. The lowest BCUT2D eigenvalue weighted by Crippen LogP contribution is -2.31. The van der Waals surface area contributed by atoms with E-state index >= 15 is 0 Å². The molecule has 524 valence electrons. The first-order chi connectivity index (χ1) is 49.3. The van der Waals surface area contributed by atoms with E-state index in [1.165, 1.54) is 243 Å². The third-order valence-corrected chi connectivity index (χ3v) is 26.3. The molecule has 0 spiro atoms. The molecule has 0 radical (unpaired) electrons. The fourth-order valence-corrected chi connectivity index (χ4v) is 21.0. The van der Waals surface area contributed by atoms with E-state index in [1.807, 2.05) is 12.1 Å². The smallest absolute Gasteiger partial charge is 0.150 e. The van der Waals surface area contributed by atoms with Crippen LogP contribution in [-0.2, 0) is 27.1 Å². The van der Waals surface area contributed by atoms with E-state index in [4.69, 9.17) is 0 Å². The molecule has 0 aromatic heterocycles. The summed E-state index contributed by atoms with van der Waals surface area (Å²) >= 11 is 0. The second-order valence-electron chi connectivity index (χ2n) is 33.2. The minimum atomic E-state index is -0.230. The molecule has 101 heavy (non-hydrogen) atoms. The molecule has 5 aliphatic rings. The van der Waals surface area contributed by atoms with Crippen molar-refractivity contribution < 1.29 is 4.79 Å². The Morgan fingerprint density at radius 1 is 0.248 bits per heavy atom. The fraction of sp³-hybridized carbons (Fsp3) is 0.450. The van der Waals surface area contributed by atoms with Crippen molar-refractivity contribution in [3.8, 4) is 89.0 Å². The van der Waals surface area contributed by atoms with Gasteiger partial charge in [-0.25, -0.2) is 0 Å². The molecule has 0 atom stereocenters. The maximum Gasteiger partial charge on any atom is 0.150 e. The average Bonchev–Trinajstić information content (AvgIpc) is 1.48.